The van der Waals surface area contributed by atoms with Gasteiger partial charge >= 0.3 is 0 Å². The molecule has 94 valence electrons. The standard InChI is InChI=1S/C13H10N4OS/c18-13(6-10-7-19-8-16-10)17-9-1-2-11-12(5-9)15-4-3-14-11/h1-5,7-8H,6H2,(H,17,18). The van der Waals surface area contributed by atoms with Crippen LogP contribution in [0.2, 0.25) is 0 Å². The van der Waals surface area contributed by atoms with E-state index >= 15 is 0 Å². The Kier molecular flexibility index (Phi) is 3.16. The highest BCUT2D eigenvalue weighted by Crippen LogP contribution is 2.15. The van der Waals surface area contributed by atoms with Gasteiger partial charge in [-0.05, 0) is 18.2 Å². The summed E-state index contributed by atoms with van der Waals surface area (Å²) < 4.78 is 0. The molecule has 0 aliphatic rings. The molecule has 0 unspecified atom stereocenters. The van der Waals surface area contributed by atoms with E-state index in [1.54, 1.807) is 24.0 Å². The largest absolute Gasteiger partial charge is 0.326 e. The zero-order valence-corrected chi connectivity index (χ0v) is 10.7. The van der Waals surface area contributed by atoms with Crippen molar-refractivity contribution in [3.8, 4) is 0 Å². The van der Waals surface area contributed by atoms with Crippen molar-refractivity contribution < 1.29 is 4.79 Å². The van der Waals surface area contributed by atoms with Crippen LogP contribution in [0.4, 0.5) is 5.69 Å². The normalized spacial score (nSPS) is 10.5. The maximum Gasteiger partial charge on any atom is 0.230 e. The highest BCUT2D eigenvalue weighted by molar-refractivity contribution is 7.07. The van der Waals surface area contributed by atoms with Crippen LogP contribution in [-0.4, -0.2) is 20.9 Å². The van der Waals surface area contributed by atoms with E-state index in [0.717, 1.165) is 16.7 Å². The van der Waals surface area contributed by atoms with E-state index < -0.39 is 0 Å². The summed E-state index contributed by atoms with van der Waals surface area (Å²) in [5.41, 5.74) is 4.78. The summed E-state index contributed by atoms with van der Waals surface area (Å²) in [6, 6.07) is 5.46. The van der Waals surface area contributed by atoms with Gasteiger partial charge in [0.25, 0.3) is 0 Å². The molecule has 3 aromatic rings. The van der Waals surface area contributed by atoms with Crippen LogP contribution in [0.1, 0.15) is 5.69 Å². The van der Waals surface area contributed by atoms with E-state index in [2.05, 4.69) is 20.3 Å². The molecule has 0 aliphatic carbocycles. The number of fused-ring (bicyclic) bond motifs is 1. The molecule has 6 heteroatoms. The average Bonchev–Trinajstić information content (AvgIpc) is 2.91. The lowest BCUT2D eigenvalue weighted by Gasteiger charge is -2.04. The number of carbonyl (C=O) groups is 1. The summed E-state index contributed by atoms with van der Waals surface area (Å²) >= 11 is 1.48. The van der Waals surface area contributed by atoms with Gasteiger partial charge in [0.1, 0.15) is 0 Å². The Bertz CT molecular complexity index is 711. The van der Waals surface area contributed by atoms with Crippen molar-refractivity contribution in [2.75, 3.05) is 5.32 Å². The SMILES string of the molecule is O=C(Cc1cscn1)Nc1ccc2nccnc2c1. The van der Waals surface area contributed by atoms with E-state index in [4.69, 9.17) is 0 Å². The van der Waals surface area contributed by atoms with Gasteiger partial charge in [-0.2, -0.15) is 0 Å². The van der Waals surface area contributed by atoms with Crippen LogP contribution in [0, 0.1) is 0 Å². The number of hydrogen-bond donors (Lipinski definition) is 1. The van der Waals surface area contributed by atoms with E-state index in [1.165, 1.54) is 11.3 Å². The smallest absolute Gasteiger partial charge is 0.230 e. The quantitative estimate of drug-likeness (QED) is 0.792. The number of aromatic nitrogens is 3. The highest BCUT2D eigenvalue weighted by Gasteiger charge is 2.06. The fourth-order valence-corrected chi connectivity index (χ4v) is 2.29. The third kappa shape index (κ3) is 2.74. The van der Waals surface area contributed by atoms with Crippen LogP contribution in [-0.2, 0) is 11.2 Å². The summed E-state index contributed by atoms with van der Waals surface area (Å²) in [5, 5.41) is 4.70. The number of nitrogens with one attached hydrogen (secondary N) is 1. The molecule has 0 aliphatic heterocycles. The molecule has 2 heterocycles. The second-order valence-electron chi connectivity index (χ2n) is 3.96. The number of thiazole rings is 1. The fraction of sp³-hybridized carbons (Fsp3) is 0.0769. The number of hydrogen-bond acceptors (Lipinski definition) is 5. The zero-order chi connectivity index (χ0) is 13.1. The average molecular weight is 270 g/mol. The predicted octanol–water partition coefficient (Wildman–Crippen LogP) is 2.27. The van der Waals surface area contributed by atoms with Crippen LogP contribution >= 0.6 is 11.3 Å². The summed E-state index contributed by atoms with van der Waals surface area (Å²) in [4.78, 5) is 24.3. The van der Waals surface area contributed by atoms with Gasteiger partial charge in [0.15, 0.2) is 0 Å². The summed E-state index contributed by atoms with van der Waals surface area (Å²) in [6.07, 6.45) is 3.55. The summed E-state index contributed by atoms with van der Waals surface area (Å²) in [5.74, 6) is -0.0888. The molecular formula is C13H10N4OS. The first-order valence-electron chi connectivity index (χ1n) is 5.69. The topological polar surface area (TPSA) is 67.8 Å². The molecule has 19 heavy (non-hydrogen) atoms. The van der Waals surface area contributed by atoms with Gasteiger partial charge in [0.05, 0.1) is 28.7 Å². The fourth-order valence-electron chi connectivity index (χ4n) is 1.74. The van der Waals surface area contributed by atoms with Gasteiger partial charge in [-0.1, -0.05) is 0 Å². The Morgan fingerprint density at radius 2 is 2.00 bits per heavy atom. The van der Waals surface area contributed by atoms with Crippen molar-refractivity contribution in [1.82, 2.24) is 15.0 Å². The Labute approximate surface area is 113 Å². The molecule has 0 radical (unpaired) electrons. The van der Waals surface area contributed by atoms with E-state index in [-0.39, 0.29) is 12.3 Å². The molecule has 3 rings (SSSR count). The minimum atomic E-state index is -0.0888. The third-order valence-electron chi connectivity index (χ3n) is 2.58. The number of benzene rings is 1. The van der Waals surface area contributed by atoms with E-state index in [9.17, 15) is 4.79 Å². The van der Waals surface area contributed by atoms with Crippen molar-refractivity contribution in [1.29, 1.82) is 0 Å². The third-order valence-corrected chi connectivity index (χ3v) is 3.21. The lowest BCUT2D eigenvalue weighted by atomic mass is 10.2. The molecule has 2 aromatic heterocycles. The van der Waals surface area contributed by atoms with Crippen LogP contribution in [0.3, 0.4) is 0 Å². The van der Waals surface area contributed by atoms with Crippen molar-refractivity contribution in [3.05, 3.63) is 47.2 Å². The van der Waals surface area contributed by atoms with E-state index in [0.29, 0.717) is 5.69 Å². The number of nitrogens with zero attached hydrogens (tertiary/aromatic N) is 3. The van der Waals surface area contributed by atoms with Crippen LogP contribution in [0.5, 0.6) is 0 Å². The number of rotatable bonds is 3. The van der Waals surface area contributed by atoms with Gasteiger partial charge in [-0.15, -0.1) is 11.3 Å². The molecule has 0 fully saturated rings. The van der Waals surface area contributed by atoms with Gasteiger partial charge in [-0.3, -0.25) is 14.8 Å². The van der Waals surface area contributed by atoms with E-state index in [1.807, 2.05) is 17.5 Å². The molecule has 1 amide bonds. The number of anilines is 1. The zero-order valence-electron chi connectivity index (χ0n) is 9.91. The Morgan fingerprint density at radius 1 is 1.16 bits per heavy atom. The summed E-state index contributed by atoms with van der Waals surface area (Å²) in [6.45, 7) is 0. The van der Waals surface area contributed by atoms with Crippen molar-refractivity contribution in [2.45, 2.75) is 6.42 Å². The van der Waals surface area contributed by atoms with Crippen molar-refractivity contribution in [2.24, 2.45) is 0 Å². The molecule has 0 bridgehead atoms. The van der Waals surface area contributed by atoms with Crippen LogP contribution in [0.25, 0.3) is 11.0 Å². The van der Waals surface area contributed by atoms with Gasteiger partial charge < -0.3 is 5.32 Å². The van der Waals surface area contributed by atoms with Crippen LogP contribution < -0.4 is 5.32 Å². The molecule has 5 nitrogen and oxygen atoms in total. The maximum atomic E-state index is 11.8. The lowest BCUT2D eigenvalue weighted by molar-refractivity contribution is -0.115. The molecular weight excluding hydrogens is 260 g/mol. The number of amides is 1. The molecule has 0 saturated carbocycles. The molecule has 1 aromatic carbocycles. The Hall–Kier alpha value is -2.34. The molecule has 1 N–H and O–H groups in total. The van der Waals surface area contributed by atoms with Gasteiger partial charge in [0.2, 0.25) is 5.91 Å². The predicted molar refractivity (Wildman–Crippen MR) is 74.0 cm³/mol. The molecule has 0 spiro atoms. The number of carbonyl (C=O) groups excluding carboxylic acids is 1. The second-order valence-corrected chi connectivity index (χ2v) is 4.68. The minimum absolute atomic E-state index is 0.0888. The van der Waals surface area contributed by atoms with Crippen molar-refractivity contribution in [3.63, 3.8) is 0 Å². The summed E-state index contributed by atoms with van der Waals surface area (Å²) in [7, 11) is 0. The first-order chi connectivity index (χ1) is 9.31. The molecule has 0 atom stereocenters. The van der Waals surface area contributed by atoms with Gasteiger partial charge in [0, 0.05) is 23.5 Å². The lowest BCUT2D eigenvalue weighted by Crippen LogP contribution is -2.14. The van der Waals surface area contributed by atoms with Crippen molar-refractivity contribution >= 4 is 34.0 Å². The maximum absolute atomic E-state index is 11.8. The molecule has 0 saturated heterocycles. The first kappa shape index (κ1) is 11.7. The minimum Gasteiger partial charge on any atom is -0.326 e. The van der Waals surface area contributed by atoms with Gasteiger partial charge in [-0.25, -0.2) is 4.98 Å². The monoisotopic (exact) mass is 270 g/mol. The Morgan fingerprint density at radius 3 is 2.79 bits per heavy atom. The first-order valence-corrected chi connectivity index (χ1v) is 6.63. The Balaban J connectivity index is 1.75. The second kappa shape index (κ2) is 5.11. The highest BCUT2D eigenvalue weighted by atomic mass is 32.1. The van der Waals surface area contributed by atoms with Crippen LogP contribution in [0.15, 0.2) is 41.5 Å².